The average molecular weight is 341 g/mol. The van der Waals surface area contributed by atoms with Crippen molar-refractivity contribution in [3.63, 3.8) is 0 Å². The van der Waals surface area contributed by atoms with E-state index in [2.05, 4.69) is 56.5 Å². The van der Waals surface area contributed by atoms with Crippen LogP contribution in [-0.2, 0) is 13.6 Å². The molecule has 0 aliphatic heterocycles. The minimum atomic E-state index is 0.892. The number of benzene rings is 1. The van der Waals surface area contributed by atoms with Gasteiger partial charge in [-0.25, -0.2) is 9.67 Å². The molecule has 0 unspecified atom stereocenters. The van der Waals surface area contributed by atoms with Gasteiger partial charge in [-0.05, 0) is 30.7 Å². The van der Waals surface area contributed by atoms with Gasteiger partial charge in [0.2, 0.25) is 0 Å². The Bertz CT molecular complexity index is 541. The molecule has 1 aromatic carbocycles. The van der Waals surface area contributed by atoms with Crippen LogP contribution in [0.4, 0.5) is 0 Å². The van der Waals surface area contributed by atoms with E-state index in [1.165, 1.54) is 5.56 Å². The number of rotatable bonds is 6. The Hall–Kier alpha value is -0.850. The lowest BCUT2D eigenvalue weighted by Crippen LogP contribution is -2.14. The second-order valence-electron chi connectivity index (χ2n) is 4.20. The van der Waals surface area contributed by atoms with E-state index in [-0.39, 0.29) is 0 Å². The first-order valence-electron chi connectivity index (χ1n) is 6.21. The van der Waals surface area contributed by atoms with Gasteiger partial charge in [-0.15, -0.1) is 0 Å². The standard InChI is InChI=1S/C13H17BrN4S/c1-3-6-15-8-10-4-5-11(7-12(10)14)19-13-16-9-17-18(13)2/h4-5,7,9,15H,3,6,8H2,1-2H3. The Morgan fingerprint density at radius 1 is 1.42 bits per heavy atom. The van der Waals surface area contributed by atoms with Crippen molar-refractivity contribution in [1.29, 1.82) is 0 Å². The Kier molecular flexibility index (Phi) is 5.42. The molecule has 4 nitrogen and oxygen atoms in total. The van der Waals surface area contributed by atoms with Gasteiger partial charge in [0.05, 0.1) is 0 Å². The SMILES string of the molecule is CCCNCc1ccc(Sc2ncnn2C)cc1Br. The van der Waals surface area contributed by atoms with Crippen LogP contribution in [0.3, 0.4) is 0 Å². The Morgan fingerprint density at radius 2 is 2.26 bits per heavy atom. The Balaban J connectivity index is 2.04. The van der Waals surface area contributed by atoms with Crippen LogP contribution in [0.15, 0.2) is 39.1 Å². The van der Waals surface area contributed by atoms with E-state index in [1.807, 2.05) is 7.05 Å². The van der Waals surface area contributed by atoms with Crippen LogP contribution in [-0.4, -0.2) is 21.3 Å². The lowest BCUT2D eigenvalue weighted by molar-refractivity contribution is 0.673. The Labute approximate surface area is 126 Å². The molecule has 0 amide bonds. The molecule has 102 valence electrons. The molecule has 0 radical (unpaired) electrons. The largest absolute Gasteiger partial charge is 0.313 e. The van der Waals surface area contributed by atoms with Crippen LogP contribution in [0.5, 0.6) is 0 Å². The molecule has 2 rings (SSSR count). The van der Waals surface area contributed by atoms with Crippen LogP contribution < -0.4 is 5.32 Å². The van der Waals surface area contributed by atoms with Gasteiger partial charge in [0.1, 0.15) is 6.33 Å². The van der Waals surface area contributed by atoms with Crippen LogP contribution in [0.25, 0.3) is 0 Å². The summed E-state index contributed by atoms with van der Waals surface area (Å²) >= 11 is 5.24. The molecule has 0 atom stereocenters. The minimum Gasteiger partial charge on any atom is -0.313 e. The van der Waals surface area contributed by atoms with Crippen LogP contribution >= 0.6 is 27.7 Å². The lowest BCUT2D eigenvalue weighted by Gasteiger charge is -2.08. The molecule has 0 fully saturated rings. The van der Waals surface area contributed by atoms with Gasteiger partial charge in [-0.3, -0.25) is 0 Å². The van der Waals surface area contributed by atoms with Gasteiger partial charge >= 0.3 is 0 Å². The summed E-state index contributed by atoms with van der Waals surface area (Å²) in [5.74, 6) is 0. The van der Waals surface area contributed by atoms with E-state index in [0.29, 0.717) is 0 Å². The first-order chi connectivity index (χ1) is 9.20. The van der Waals surface area contributed by atoms with Crippen molar-refractivity contribution >= 4 is 27.7 Å². The number of aromatic nitrogens is 3. The fourth-order valence-electron chi connectivity index (χ4n) is 1.62. The molecule has 19 heavy (non-hydrogen) atoms. The normalized spacial score (nSPS) is 10.9. The van der Waals surface area contributed by atoms with Gasteiger partial charge in [0.25, 0.3) is 0 Å². The van der Waals surface area contributed by atoms with Crippen molar-refractivity contribution in [2.75, 3.05) is 6.54 Å². The summed E-state index contributed by atoms with van der Waals surface area (Å²) in [7, 11) is 1.90. The number of hydrogen-bond acceptors (Lipinski definition) is 4. The van der Waals surface area contributed by atoms with Crippen molar-refractivity contribution in [3.05, 3.63) is 34.6 Å². The maximum Gasteiger partial charge on any atom is 0.190 e. The van der Waals surface area contributed by atoms with Crippen LogP contribution in [0.2, 0.25) is 0 Å². The van der Waals surface area contributed by atoms with E-state index >= 15 is 0 Å². The van der Waals surface area contributed by atoms with Gasteiger partial charge < -0.3 is 5.32 Å². The summed E-state index contributed by atoms with van der Waals surface area (Å²) in [5.41, 5.74) is 1.27. The lowest BCUT2D eigenvalue weighted by atomic mass is 10.2. The van der Waals surface area contributed by atoms with E-state index in [1.54, 1.807) is 22.8 Å². The first-order valence-corrected chi connectivity index (χ1v) is 7.82. The minimum absolute atomic E-state index is 0.892. The van der Waals surface area contributed by atoms with Crippen LogP contribution in [0, 0.1) is 0 Å². The third-order valence-corrected chi connectivity index (χ3v) is 4.43. The van der Waals surface area contributed by atoms with E-state index in [9.17, 15) is 0 Å². The van der Waals surface area contributed by atoms with E-state index < -0.39 is 0 Å². The van der Waals surface area contributed by atoms with Crippen LogP contribution in [0.1, 0.15) is 18.9 Å². The summed E-state index contributed by atoms with van der Waals surface area (Å²) < 4.78 is 2.90. The molecule has 1 N–H and O–H groups in total. The summed E-state index contributed by atoms with van der Waals surface area (Å²) in [4.78, 5) is 5.37. The number of aryl methyl sites for hydroxylation is 1. The molecule has 0 bridgehead atoms. The summed E-state index contributed by atoms with van der Waals surface area (Å²) in [5, 5.41) is 8.36. The predicted octanol–water partition coefficient (Wildman–Crippen LogP) is 3.23. The maximum atomic E-state index is 4.21. The van der Waals surface area contributed by atoms with Gasteiger partial charge in [0.15, 0.2) is 5.16 Å². The monoisotopic (exact) mass is 340 g/mol. The molecule has 0 aliphatic carbocycles. The molecule has 1 aromatic heterocycles. The van der Waals surface area contributed by atoms with Crippen molar-refractivity contribution in [2.24, 2.45) is 7.05 Å². The molecule has 0 aliphatic rings. The second kappa shape index (κ2) is 7.07. The molecular weight excluding hydrogens is 324 g/mol. The molecule has 1 heterocycles. The zero-order chi connectivity index (χ0) is 13.7. The zero-order valence-corrected chi connectivity index (χ0v) is 13.5. The van der Waals surface area contributed by atoms with Gasteiger partial charge in [-0.2, -0.15) is 5.10 Å². The van der Waals surface area contributed by atoms with E-state index in [4.69, 9.17) is 0 Å². The number of nitrogens with zero attached hydrogens (tertiary/aromatic N) is 3. The van der Waals surface area contributed by atoms with Gasteiger partial charge in [0, 0.05) is 23.0 Å². The van der Waals surface area contributed by atoms with Crippen molar-refractivity contribution < 1.29 is 0 Å². The molecule has 0 spiro atoms. The molecule has 0 saturated heterocycles. The number of nitrogens with one attached hydrogen (secondary N) is 1. The molecule has 0 saturated carbocycles. The summed E-state index contributed by atoms with van der Waals surface area (Å²) in [6.45, 7) is 4.11. The fraction of sp³-hybridized carbons (Fsp3) is 0.385. The highest BCUT2D eigenvalue weighted by Crippen LogP contribution is 2.29. The van der Waals surface area contributed by atoms with E-state index in [0.717, 1.165) is 34.0 Å². The summed E-state index contributed by atoms with van der Waals surface area (Å²) in [6.07, 6.45) is 2.72. The molecular formula is C13H17BrN4S. The maximum absolute atomic E-state index is 4.21. The second-order valence-corrected chi connectivity index (χ2v) is 6.09. The molecule has 6 heteroatoms. The average Bonchev–Trinajstić information content (AvgIpc) is 2.78. The van der Waals surface area contributed by atoms with Crippen molar-refractivity contribution in [2.45, 2.75) is 29.9 Å². The number of halogens is 1. The third kappa shape index (κ3) is 4.06. The first kappa shape index (κ1) is 14.6. The fourth-order valence-corrected chi connectivity index (χ4v) is 3.09. The highest BCUT2D eigenvalue weighted by atomic mass is 79.9. The summed E-state index contributed by atoms with van der Waals surface area (Å²) in [6, 6.07) is 6.39. The highest BCUT2D eigenvalue weighted by molar-refractivity contribution is 9.10. The quantitative estimate of drug-likeness (QED) is 0.820. The molecule has 2 aromatic rings. The van der Waals surface area contributed by atoms with Gasteiger partial charge in [-0.1, -0.05) is 40.7 Å². The predicted molar refractivity (Wildman–Crippen MR) is 81.3 cm³/mol. The van der Waals surface area contributed by atoms with Crippen molar-refractivity contribution in [3.8, 4) is 0 Å². The van der Waals surface area contributed by atoms with Crippen molar-refractivity contribution in [1.82, 2.24) is 20.1 Å². The number of hydrogen-bond donors (Lipinski definition) is 1. The highest BCUT2D eigenvalue weighted by Gasteiger charge is 2.06. The zero-order valence-electron chi connectivity index (χ0n) is 11.1. The topological polar surface area (TPSA) is 42.7 Å². The Morgan fingerprint density at radius 3 is 2.89 bits per heavy atom. The smallest absolute Gasteiger partial charge is 0.190 e. The third-order valence-electron chi connectivity index (χ3n) is 2.65.